The van der Waals surface area contributed by atoms with Crippen LogP contribution in [0.4, 0.5) is 0 Å². The SMILES string of the molecule is CC(Cl)C(=O)N(Cc1ncc(-c2ccc3c(c2)OCO3)[nH]1)C(C)C. The topological polar surface area (TPSA) is 67.5 Å². The second kappa shape index (κ2) is 6.73. The number of nitrogens with one attached hydrogen (secondary N) is 1. The van der Waals surface area contributed by atoms with Crippen molar-refractivity contribution in [3.05, 3.63) is 30.2 Å². The summed E-state index contributed by atoms with van der Waals surface area (Å²) in [4.78, 5) is 21.6. The van der Waals surface area contributed by atoms with Crippen LogP contribution in [0.1, 0.15) is 26.6 Å². The third-order valence-electron chi connectivity index (χ3n) is 3.88. The van der Waals surface area contributed by atoms with Crippen molar-refractivity contribution in [2.45, 2.75) is 38.7 Å². The average molecular weight is 350 g/mol. The Kier molecular flexibility index (Phi) is 4.66. The van der Waals surface area contributed by atoms with Crippen LogP contribution in [-0.2, 0) is 11.3 Å². The number of amides is 1. The summed E-state index contributed by atoms with van der Waals surface area (Å²) in [7, 11) is 0. The summed E-state index contributed by atoms with van der Waals surface area (Å²) in [5, 5.41) is -0.560. The molecule has 0 radical (unpaired) electrons. The molecule has 1 aliphatic rings. The molecule has 0 bridgehead atoms. The Balaban J connectivity index is 1.79. The molecule has 1 amide bonds. The molecule has 7 heteroatoms. The van der Waals surface area contributed by atoms with Crippen LogP contribution < -0.4 is 9.47 Å². The first kappa shape index (κ1) is 16.6. The van der Waals surface area contributed by atoms with Gasteiger partial charge in [0.25, 0.3) is 0 Å². The number of carbonyl (C=O) groups excluding carboxylic acids is 1. The van der Waals surface area contributed by atoms with Crippen LogP contribution in [-0.4, -0.2) is 39.0 Å². The van der Waals surface area contributed by atoms with Crippen molar-refractivity contribution < 1.29 is 14.3 Å². The summed E-state index contributed by atoms with van der Waals surface area (Å²) >= 11 is 5.94. The molecular weight excluding hydrogens is 330 g/mol. The second-order valence-corrected chi connectivity index (χ2v) is 6.64. The van der Waals surface area contributed by atoms with Crippen LogP contribution in [0.3, 0.4) is 0 Å². The van der Waals surface area contributed by atoms with Gasteiger partial charge < -0.3 is 19.4 Å². The van der Waals surface area contributed by atoms with E-state index >= 15 is 0 Å². The molecule has 24 heavy (non-hydrogen) atoms. The first-order chi connectivity index (χ1) is 11.5. The normalized spacial score (nSPS) is 14.0. The summed E-state index contributed by atoms with van der Waals surface area (Å²) < 4.78 is 10.7. The highest BCUT2D eigenvalue weighted by Gasteiger charge is 2.22. The Labute approximate surface area is 145 Å². The molecule has 0 spiro atoms. The molecule has 2 aromatic rings. The lowest BCUT2D eigenvalue weighted by Crippen LogP contribution is -2.40. The van der Waals surface area contributed by atoms with Crippen molar-refractivity contribution in [3.8, 4) is 22.8 Å². The smallest absolute Gasteiger partial charge is 0.240 e. The Morgan fingerprint density at radius 2 is 2.08 bits per heavy atom. The Hall–Kier alpha value is -2.21. The molecule has 1 unspecified atom stereocenters. The molecule has 0 saturated heterocycles. The van der Waals surface area contributed by atoms with Crippen molar-refractivity contribution >= 4 is 17.5 Å². The van der Waals surface area contributed by atoms with E-state index in [0.717, 1.165) is 22.8 Å². The van der Waals surface area contributed by atoms with Crippen LogP contribution in [0.15, 0.2) is 24.4 Å². The van der Waals surface area contributed by atoms with Gasteiger partial charge in [-0.3, -0.25) is 4.79 Å². The molecule has 6 nitrogen and oxygen atoms in total. The minimum absolute atomic E-state index is 0.0396. The third-order valence-corrected chi connectivity index (χ3v) is 4.07. The van der Waals surface area contributed by atoms with Crippen LogP contribution in [0.5, 0.6) is 11.5 Å². The van der Waals surface area contributed by atoms with E-state index in [4.69, 9.17) is 21.1 Å². The Morgan fingerprint density at radius 1 is 1.33 bits per heavy atom. The Bertz CT molecular complexity index is 742. The molecule has 1 aromatic carbocycles. The van der Waals surface area contributed by atoms with Crippen molar-refractivity contribution in [3.63, 3.8) is 0 Å². The average Bonchev–Trinajstić information content (AvgIpc) is 3.19. The van der Waals surface area contributed by atoms with Crippen molar-refractivity contribution in [2.75, 3.05) is 6.79 Å². The lowest BCUT2D eigenvalue weighted by atomic mass is 10.1. The fourth-order valence-corrected chi connectivity index (χ4v) is 2.68. The maximum Gasteiger partial charge on any atom is 0.240 e. The van der Waals surface area contributed by atoms with Crippen molar-refractivity contribution in [1.82, 2.24) is 14.9 Å². The minimum Gasteiger partial charge on any atom is -0.454 e. The molecule has 0 saturated carbocycles. The number of ether oxygens (including phenoxy) is 2. The number of halogens is 1. The van der Waals surface area contributed by atoms with Crippen LogP contribution in [0.25, 0.3) is 11.3 Å². The molecule has 1 aliphatic heterocycles. The number of H-pyrrole nitrogens is 1. The first-order valence-electron chi connectivity index (χ1n) is 7.84. The van der Waals surface area contributed by atoms with E-state index < -0.39 is 5.38 Å². The fourth-order valence-electron chi connectivity index (χ4n) is 2.56. The lowest BCUT2D eigenvalue weighted by molar-refractivity contribution is -0.132. The van der Waals surface area contributed by atoms with Gasteiger partial charge in [0.1, 0.15) is 11.2 Å². The van der Waals surface area contributed by atoms with Gasteiger partial charge >= 0.3 is 0 Å². The molecule has 1 N–H and O–H groups in total. The summed E-state index contributed by atoms with van der Waals surface area (Å²) in [6.45, 7) is 6.23. The number of nitrogens with zero attached hydrogens (tertiary/aromatic N) is 2. The quantitative estimate of drug-likeness (QED) is 0.842. The highest BCUT2D eigenvalue weighted by Crippen LogP contribution is 2.35. The number of benzene rings is 1. The van der Waals surface area contributed by atoms with Gasteiger partial charge in [0.15, 0.2) is 11.5 Å². The third kappa shape index (κ3) is 3.33. The number of alkyl halides is 1. The van der Waals surface area contributed by atoms with Gasteiger partial charge in [-0.15, -0.1) is 11.6 Å². The van der Waals surface area contributed by atoms with E-state index in [1.165, 1.54) is 0 Å². The van der Waals surface area contributed by atoms with Crippen LogP contribution in [0.2, 0.25) is 0 Å². The van der Waals surface area contributed by atoms with E-state index in [0.29, 0.717) is 12.4 Å². The number of hydrogen-bond acceptors (Lipinski definition) is 4. The highest BCUT2D eigenvalue weighted by molar-refractivity contribution is 6.30. The summed E-state index contributed by atoms with van der Waals surface area (Å²) in [6, 6.07) is 5.76. The van der Waals surface area contributed by atoms with E-state index in [-0.39, 0.29) is 18.7 Å². The highest BCUT2D eigenvalue weighted by atomic mass is 35.5. The van der Waals surface area contributed by atoms with Crippen molar-refractivity contribution in [1.29, 1.82) is 0 Å². The fraction of sp³-hybridized carbons (Fsp3) is 0.412. The van der Waals surface area contributed by atoms with Crippen molar-refractivity contribution in [2.24, 2.45) is 0 Å². The van der Waals surface area contributed by atoms with Gasteiger partial charge in [-0.25, -0.2) is 4.98 Å². The van der Waals surface area contributed by atoms with Crippen LogP contribution >= 0.6 is 11.6 Å². The number of rotatable bonds is 5. The zero-order valence-electron chi connectivity index (χ0n) is 13.9. The van der Waals surface area contributed by atoms with E-state index in [2.05, 4.69) is 9.97 Å². The van der Waals surface area contributed by atoms with Gasteiger partial charge in [-0.05, 0) is 39.0 Å². The number of aromatic nitrogens is 2. The van der Waals surface area contributed by atoms with E-state index in [1.807, 2.05) is 32.0 Å². The molecule has 3 rings (SSSR count). The Morgan fingerprint density at radius 3 is 2.79 bits per heavy atom. The minimum atomic E-state index is -0.560. The largest absolute Gasteiger partial charge is 0.454 e. The summed E-state index contributed by atoms with van der Waals surface area (Å²) in [5.74, 6) is 2.07. The summed E-state index contributed by atoms with van der Waals surface area (Å²) in [6.07, 6.45) is 1.75. The van der Waals surface area contributed by atoms with Gasteiger partial charge in [0, 0.05) is 11.6 Å². The molecule has 128 valence electrons. The number of aromatic amines is 1. The zero-order chi connectivity index (χ0) is 17.3. The second-order valence-electron chi connectivity index (χ2n) is 5.99. The standard InChI is InChI=1S/C17H20ClN3O3/c1-10(2)21(17(22)11(3)18)8-16-19-7-13(20-16)12-4-5-14-15(6-12)24-9-23-14/h4-7,10-11H,8-9H2,1-3H3,(H,19,20). The maximum atomic E-state index is 12.2. The van der Waals surface area contributed by atoms with Gasteiger partial charge in [-0.2, -0.15) is 0 Å². The summed E-state index contributed by atoms with van der Waals surface area (Å²) in [5.41, 5.74) is 1.81. The molecular formula is C17H20ClN3O3. The molecule has 1 atom stereocenters. The number of hydrogen-bond donors (Lipinski definition) is 1. The molecule has 2 heterocycles. The predicted octanol–water partition coefficient (Wildman–Crippen LogP) is 3.17. The van der Waals surface area contributed by atoms with Gasteiger partial charge in [0.2, 0.25) is 12.7 Å². The molecule has 0 aliphatic carbocycles. The number of imidazole rings is 1. The maximum absolute atomic E-state index is 12.2. The van der Waals surface area contributed by atoms with E-state index in [1.54, 1.807) is 18.0 Å². The number of carbonyl (C=O) groups is 1. The molecule has 1 aromatic heterocycles. The van der Waals surface area contributed by atoms with Gasteiger partial charge in [-0.1, -0.05) is 0 Å². The first-order valence-corrected chi connectivity index (χ1v) is 8.28. The predicted molar refractivity (Wildman–Crippen MR) is 91.1 cm³/mol. The molecule has 0 fully saturated rings. The number of fused-ring (bicyclic) bond motifs is 1. The lowest BCUT2D eigenvalue weighted by Gasteiger charge is -2.26. The monoisotopic (exact) mass is 349 g/mol. The van der Waals surface area contributed by atoms with Crippen LogP contribution in [0, 0.1) is 0 Å². The van der Waals surface area contributed by atoms with E-state index in [9.17, 15) is 4.79 Å². The van der Waals surface area contributed by atoms with Gasteiger partial charge in [0.05, 0.1) is 18.4 Å². The zero-order valence-corrected chi connectivity index (χ0v) is 14.6.